The SMILES string of the molecule is CCCC1=CC(=NOCCN(C)C)CC(c2cccnc2)N1Cc1ccccc1. The Morgan fingerprint density at radius 1 is 1.17 bits per heavy atom. The molecule has 0 N–H and O–H groups in total. The standard InChI is InChI=1S/C24H32N4O/c1-4-9-23-16-22(26-29-15-14-27(2)3)17-24(21-12-8-13-25-18-21)28(23)19-20-10-6-5-7-11-20/h5-8,10-13,16,18,24H,4,9,14-15,17,19H2,1-3H3. The summed E-state index contributed by atoms with van der Waals surface area (Å²) in [7, 11) is 4.08. The zero-order valence-corrected chi connectivity index (χ0v) is 17.8. The fourth-order valence-electron chi connectivity index (χ4n) is 3.59. The van der Waals surface area contributed by atoms with Crippen molar-refractivity contribution in [3.63, 3.8) is 0 Å². The average Bonchev–Trinajstić information content (AvgIpc) is 2.74. The third kappa shape index (κ3) is 6.16. The highest BCUT2D eigenvalue weighted by Gasteiger charge is 2.28. The van der Waals surface area contributed by atoms with Crippen molar-refractivity contribution in [1.29, 1.82) is 0 Å². The minimum atomic E-state index is 0.201. The third-order valence-corrected chi connectivity index (χ3v) is 5.06. The Morgan fingerprint density at radius 2 is 2.00 bits per heavy atom. The summed E-state index contributed by atoms with van der Waals surface area (Å²) >= 11 is 0. The van der Waals surface area contributed by atoms with Crippen LogP contribution in [0.2, 0.25) is 0 Å². The first-order valence-electron chi connectivity index (χ1n) is 10.4. The van der Waals surface area contributed by atoms with Gasteiger partial charge in [0.1, 0.15) is 6.61 Å². The second-order valence-corrected chi connectivity index (χ2v) is 7.72. The van der Waals surface area contributed by atoms with Gasteiger partial charge in [0.25, 0.3) is 0 Å². The van der Waals surface area contributed by atoms with Crippen molar-refractivity contribution >= 4 is 5.71 Å². The highest BCUT2D eigenvalue weighted by atomic mass is 16.6. The molecule has 1 aromatic carbocycles. The smallest absolute Gasteiger partial charge is 0.129 e. The highest BCUT2D eigenvalue weighted by Crippen LogP contribution is 2.35. The minimum absolute atomic E-state index is 0.201. The molecule has 5 nitrogen and oxygen atoms in total. The fourth-order valence-corrected chi connectivity index (χ4v) is 3.59. The number of likely N-dealkylation sites (N-methyl/N-ethyl adjacent to an activating group) is 1. The lowest BCUT2D eigenvalue weighted by Gasteiger charge is -2.39. The molecule has 0 amide bonds. The molecule has 2 heterocycles. The second-order valence-electron chi connectivity index (χ2n) is 7.72. The van der Waals surface area contributed by atoms with E-state index in [2.05, 4.69) is 69.3 Å². The molecule has 1 atom stereocenters. The van der Waals surface area contributed by atoms with E-state index in [4.69, 9.17) is 4.84 Å². The van der Waals surface area contributed by atoms with Crippen molar-refractivity contribution in [2.75, 3.05) is 27.2 Å². The number of hydrogen-bond acceptors (Lipinski definition) is 5. The summed E-state index contributed by atoms with van der Waals surface area (Å²) in [4.78, 5) is 14.6. The molecule has 1 aliphatic rings. The Kier molecular flexibility index (Phi) is 7.82. The summed E-state index contributed by atoms with van der Waals surface area (Å²) in [5.41, 5.74) is 4.84. The normalized spacial score (nSPS) is 18.2. The lowest BCUT2D eigenvalue weighted by molar-refractivity contribution is 0.124. The first-order valence-corrected chi connectivity index (χ1v) is 10.4. The van der Waals surface area contributed by atoms with Crippen LogP contribution in [0.4, 0.5) is 0 Å². The average molecular weight is 393 g/mol. The van der Waals surface area contributed by atoms with Gasteiger partial charge in [0.05, 0.1) is 11.8 Å². The molecule has 29 heavy (non-hydrogen) atoms. The van der Waals surface area contributed by atoms with Gasteiger partial charge in [-0.15, -0.1) is 0 Å². The molecule has 0 aliphatic carbocycles. The zero-order valence-electron chi connectivity index (χ0n) is 17.8. The van der Waals surface area contributed by atoms with Gasteiger partial charge in [-0.05, 0) is 43.8 Å². The van der Waals surface area contributed by atoms with Crippen molar-refractivity contribution in [2.24, 2.45) is 5.16 Å². The number of pyridine rings is 1. The molecule has 3 rings (SSSR count). The summed E-state index contributed by atoms with van der Waals surface area (Å²) in [6.45, 7) is 4.55. The van der Waals surface area contributed by atoms with Gasteiger partial charge in [-0.3, -0.25) is 4.98 Å². The number of benzene rings is 1. The van der Waals surface area contributed by atoms with Crippen molar-refractivity contribution in [1.82, 2.24) is 14.8 Å². The first kappa shape index (κ1) is 21.1. The number of oxime groups is 1. The van der Waals surface area contributed by atoms with Gasteiger partial charge >= 0.3 is 0 Å². The van der Waals surface area contributed by atoms with Crippen LogP contribution in [0.25, 0.3) is 0 Å². The molecule has 0 saturated carbocycles. The van der Waals surface area contributed by atoms with E-state index in [-0.39, 0.29) is 6.04 Å². The van der Waals surface area contributed by atoms with E-state index in [9.17, 15) is 0 Å². The zero-order chi connectivity index (χ0) is 20.5. The van der Waals surface area contributed by atoms with Gasteiger partial charge in [0.2, 0.25) is 0 Å². The lowest BCUT2D eigenvalue weighted by atomic mass is 9.93. The van der Waals surface area contributed by atoms with Crippen molar-refractivity contribution in [3.8, 4) is 0 Å². The van der Waals surface area contributed by atoms with Crippen LogP contribution in [0, 0.1) is 0 Å². The van der Waals surface area contributed by atoms with Gasteiger partial charge in [-0.25, -0.2) is 0 Å². The van der Waals surface area contributed by atoms with Gasteiger partial charge in [-0.1, -0.05) is 54.9 Å². The quantitative estimate of drug-likeness (QED) is 0.460. The predicted octanol–water partition coefficient (Wildman–Crippen LogP) is 4.65. The summed E-state index contributed by atoms with van der Waals surface area (Å²) in [6, 6.07) is 15.0. The summed E-state index contributed by atoms with van der Waals surface area (Å²) in [6.07, 6.45) is 8.94. The molecule has 0 bridgehead atoms. The van der Waals surface area contributed by atoms with E-state index in [1.165, 1.54) is 16.8 Å². The number of rotatable bonds is 9. The molecule has 1 aromatic heterocycles. The fraction of sp³-hybridized carbons (Fsp3) is 0.417. The van der Waals surface area contributed by atoms with Gasteiger partial charge in [0, 0.05) is 37.6 Å². The van der Waals surface area contributed by atoms with E-state index in [1.807, 2.05) is 32.6 Å². The second kappa shape index (κ2) is 10.8. The monoisotopic (exact) mass is 392 g/mol. The van der Waals surface area contributed by atoms with E-state index in [1.54, 1.807) is 0 Å². The van der Waals surface area contributed by atoms with Crippen LogP contribution in [0.15, 0.2) is 71.8 Å². The Balaban J connectivity index is 1.89. The van der Waals surface area contributed by atoms with Crippen LogP contribution in [-0.2, 0) is 11.4 Å². The van der Waals surface area contributed by atoms with E-state index in [0.29, 0.717) is 6.61 Å². The van der Waals surface area contributed by atoms with E-state index >= 15 is 0 Å². The number of allylic oxidation sites excluding steroid dienone is 2. The van der Waals surface area contributed by atoms with Crippen LogP contribution in [-0.4, -0.2) is 47.7 Å². The number of aromatic nitrogens is 1. The molecule has 0 saturated heterocycles. The van der Waals surface area contributed by atoms with Crippen LogP contribution in [0.3, 0.4) is 0 Å². The first-order chi connectivity index (χ1) is 14.2. The van der Waals surface area contributed by atoms with Crippen molar-refractivity contribution < 1.29 is 4.84 Å². The largest absolute Gasteiger partial charge is 0.394 e. The molecule has 5 heteroatoms. The third-order valence-electron chi connectivity index (χ3n) is 5.06. The maximum absolute atomic E-state index is 5.62. The van der Waals surface area contributed by atoms with Crippen molar-refractivity contribution in [3.05, 3.63) is 77.8 Å². The van der Waals surface area contributed by atoms with Crippen molar-refractivity contribution in [2.45, 2.75) is 38.8 Å². The molecule has 2 aromatic rings. The maximum atomic E-state index is 5.62. The van der Waals surface area contributed by atoms with Gasteiger partial charge in [-0.2, -0.15) is 0 Å². The number of nitrogens with zero attached hydrogens (tertiary/aromatic N) is 4. The van der Waals surface area contributed by atoms with Crippen LogP contribution >= 0.6 is 0 Å². The topological polar surface area (TPSA) is 41.0 Å². The predicted molar refractivity (Wildman–Crippen MR) is 119 cm³/mol. The molecule has 154 valence electrons. The molecule has 0 spiro atoms. The van der Waals surface area contributed by atoms with Crippen LogP contribution in [0.1, 0.15) is 43.4 Å². The summed E-state index contributed by atoms with van der Waals surface area (Å²) < 4.78 is 0. The van der Waals surface area contributed by atoms with Crippen LogP contribution in [0.5, 0.6) is 0 Å². The molecule has 1 unspecified atom stereocenters. The Labute approximate surface area is 174 Å². The highest BCUT2D eigenvalue weighted by molar-refractivity contribution is 5.96. The maximum Gasteiger partial charge on any atom is 0.129 e. The molecular weight excluding hydrogens is 360 g/mol. The Hall–Kier alpha value is -2.66. The molecule has 0 fully saturated rings. The molecule has 1 aliphatic heterocycles. The molecule has 0 radical (unpaired) electrons. The number of hydrogen-bond donors (Lipinski definition) is 0. The Morgan fingerprint density at radius 3 is 2.69 bits per heavy atom. The molecular formula is C24H32N4O. The summed E-state index contributed by atoms with van der Waals surface area (Å²) in [5, 5.41) is 4.47. The van der Waals surface area contributed by atoms with E-state index in [0.717, 1.165) is 38.1 Å². The Bertz CT molecular complexity index is 802. The summed E-state index contributed by atoms with van der Waals surface area (Å²) in [5.74, 6) is 0. The van der Waals surface area contributed by atoms with E-state index < -0.39 is 0 Å². The van der Waals surface area contributed by atoms with Gasteiger partial charge < -0.3 is 14.6 Å². The lowest BCUT2D eigenvalue weighted by Crippen LogP contribution is -2.33. The van der Waals surface area contributed by atoms with Crippen LogP contribution < -0.4 is 0 Å². The van der Waals surface area contributed by atoms with Gasteiger partial charge in [0.15, 0.2) is 0 Å². The minimum Gasteiger partial charge on any atom is -0.394 e.